The normalized spacial score (nSPS) is 14.3. The van der Waals surface area contributed by atoms with Gasteiger partial charge in [-0.3, -0.25) is 4.79 Å². The maximum absolute atomic E-state index is 13.5. The van der Waals surface area contributed by atoms with Gasteiger partial charge in [-0.25, -0.2) is 19.4 Å². The van der Waals surface area contributed by atoms with E-state index in [0.717, 1.165) is 59.4 Å². The van der Waals surface area contributed by atoms with Gasteiger partial charge in [-0.15, -0.1) is 5.10 Å². The maximum Gasteiger partial charge on any atom is 0.511 e. The van der Waals surface area contributed by atoms with E-state index in [1.165, 1.54) is 30.4 Å². The molecule has 1 unspecified atom stereocenters. The van der Waals surface area contributed by atoms with Gasteiger partial charge in [0.2, 0.25) is 11.1 Å². The third-order valence-corrected chi connectivity index (χ3v) is 9.10. The van der Waals surface area contributed by atoms with Gasteiger partial charge < -0.3 is 14.2 Å². The lowest BCUT2D eigenvalue weighted by molar-refractivity contribution is -0.0915. The Kier molecular flexibility index (Phi) is 10.6. The van der Waals surface area contributed by atoms with E-state index in [4.69, 9.17) is 14.2 Å². The molecule has 3 aromatic carbocycles. The number of hydrogen-bond acceptors (Lipinski definition) is 11. The minimum absolute atomic E-state index is 0.00360. The molecule has 13 nitrogen and oxygen atoms in total. The molecular weight excluding hydrogens is 646 g/mol. The number of nitrogens with zero attached hydrogens (tertiary/aromatic N) is 6. The van der Waals surface area contributed by atoms with Crippen molar-refractivity contribution in [1.82, 2.24) is 30.4 Å². The van der Waals surface area contributed by atoms with Crippen LogP contribution in [0.1, 0.15) is 77.2 Å². The van der Waals surface area contributed by atoms with E-state index < -0.39 is 24.3 Å². The van der Waals surface area contributed by atoms with E-state index in [1.807, 2.05) is 55.5 Å². The second-order valence-corrected chi connectivity index (χ2v) is 12.5. The smallest absolute Gasteiger partial charge is 0.431 e. The molecule has 252 valence electrons. The fourth-order valence-electron chi connectivity index (χ4n) is 5.57. The number of amides is 1. The van der Waals surface area contributed by atoms with Crippen LogP contribution in [0.2, 0.25) is 0 Å². The summed E-state index contributed by atoms with van der Waals surface area (Å²) in [6.45, 7) is 3.76. The average molecular weight is 682 g/mol. The van der Waals surface area contributed by atoms with Crippen LogP contribution >= 0.6 is 11.3 Å². The van der Waals surface area contributed by atoms with Gasteiger partial charge in [0.1, 0.15) is 11.1 Å². The van der Waals surface area contributed by atoms with E-state index in [0.29, 0.717) is 23.6 Å². The molecule has 1 amide bonds. The lowest BCUT2D eigenvalue weighted by atomic mass is 9.98. The fourth-order valence-corrected chi connectivity index (χ4v) is 6.41. The molecule has 1 N–H and O–H groups in total. The Morgan fingerprint density at radius 3 is 2.37 bits per heavy atom. The molecule has 1 atom stereocenters. The summed E-state index contributed by atoms with van der Waals surface area (Å²) in [7, 11) is 0. The summed E-state index contributed by atoms with van der Waals surface area (Å²) >= 11 is 1.30. The zero-order valence-electron chi connectivity index (χ0n) is 27.1. The van der Waals surface area contributed by atoms with Crippen molar-refractivity contribution >= 4 is 29.4 Å². The quantitative estimate of drug-likeness (QED) is 0.134. The van der Waals surface area contributed by atoms with E-state index in [1.54, 1.807) is 16.8 Å². The number of esters is 1. The molecule has 0 spiro atoms. The number of aryl methyl sites for hydroxylation is 1. The van der Waals surface area contributed by atoms with Crippen molar-refractivity contribution < 1.29 is 28.6 Å². The van der Waals surface area contributed by atoms with Crippen LogP contribution in [-0.2, 0) is 27.2 Å². The SMILES string of the molecule is CCc1nn(Cc2ccc(-c3ccccc3-c3nnn[nH]3)cc2)c(=NC(=O)c2ccccc2C(=O)OC(C)OC(=O)OC2CCCCC2)s1. The molecule has 14 heteroatoms. The molecule has 0 bridgehead atoms. The summed E-state index contributed by atoms with van der Waals surface area (Å²) in [4.78, 5) is 43.6. The monoisotopic (exact) mass is 681 g/mol. The van der Waals surface area contributed by atoms with Gasteiger partial charge in [0, 0.05) is 12.5 Å². The first kappa shape index (κ1) is 33.4. The number of tetrazole rings is 1. The van der Waals surface area contributed by atoms with Crippen LogP contribution in [0.4, 0.5) is 4.79 Å². The summed E-state index contributed by atoms with van der Waals surface area (Å²) in [6, 6.07) is 22.1. The number of benzene rings is 3. The van der Waals surface area contributed by atoms with Crippen molar-refractivity contribution in [2.75, 3.05) is 0 Å². The largest absolute Gasteiger partial charge is 0.511 e. The number of aromatic nitrogens is 6. The van der Waals surface area contributed by atoms with Crippen molar-refractivity contribution in [3.05, 3.63) is 99.3 Å². The molecule has 0 saturated heterocycles. The van der Waals surface area contributed by atoms with Crippen molar-refractivity contribution in [1.29, 1.82) is 0 Å². The number of aromatic amines is 1. The standard InChI is InChI=1S/C35H35N7O6S/c1-3-30-39-42(21-23-17-19-24(20-18-23)26-13-7-8-14-27(26)31-37-40-41-38-31)34(49-30)36-32(43)28-15-9-10-16-29(28)33(44)46-22(2)47-35(45)48-25-11-5-4-6-12-25/h7-10,13-20,22,25H,3-6,11-12,21H2,1-2H3,(H,37,38,40,41). The van der Waals surface area contributed by atoms with Crippen LogP contribution in [-0.4, -0.2) is 60.8 Å². The maximum atomic E-state index is 13.5. The highest BCUT2D eigenvalue weighted by Gasteiger charge is 2.24. The molecule has 1 aliphatic carbocycles. The molecule has 0 radical (unpaired) electrons. The summed E-state index contributed by atoms with van der Waals surface area (Å²) in [5.74, 6) is -0.885. The topological polar surface area (TPSA) is 164 Å². The number of ether oxygens (including phenoxy) is 3. The van der Waals surface area contributed by atoms with Crippen LogP contribution in [0.25, 0.3) is 22.5 Å². The Morgan fingerprint density at radius 2 is 1.65 bits per heavy atom. The second-order valence-electron chi connectivity index (χ2n) is 11.5. The van der Waals surface area contributed by atoms with Gasteiger partial charge >= 0.3 is 12.1 Å². The zero-order chi connectivity index (χ0) is 34.2. The van der Waals surface area contributed by atoms with Crippen molar-refractivity contribution in [3.63, 3.8) is 0 Å². The third-order valence-electron chi connectivity index (χ3n) is 8.01. The predicted octanol–water partition coefficient (Wildman–Crippen LogP) is 6.13. The average Bonchev–Trinajstić information content (AvgIpc) is 3.79. The third kappa shape index (κ3) is 8.33. The number of carbonyl (C=O) groups is 3. The van der Waals surface area contributed by atoms with E-state index in [-0.39, 0.29) is 17.2 Å². The van der Waals surface area contributed by atoms with E-state index >= 15 is 0 Å². The van der Waals surface area contributed by atoms with Crippen LogP contribution in [0.5, 0.6) is 0 Å². The lowest BCUT2D eigenvalue weighted by Gasteiger charge is -2.22. The summed E-state index contributed by atoms with van der Waals surface area (Å²) in [5.41, 5.74) is 3.83. The van der Waals surface area contributed by atoms with Crippen molar-refractivity contribution in [3.8, 4) is 22.5 Å². The molecule has 1 saturated carbocycles. The Labute approximate surface area is 286 Å². The van der Waals surface area contributed by atoms with Crippen molar-refractivity contribution in [2.45, 2.75) is 71.3 Å². The minimum atomic E-state index is -1.22. The van der Waals surface area contributed by atoms with Crippen LogP contribution < -0.4 is 4.80 Å². The van der Waals surface area contributed by atoms with Gasteiger partial charge in [0.25, 0.3) is 5.91 Å². The Morgan fingerprint density at radius 1 is 0.939 bits per heavy atom. The number of nitrogens with one attached hydrogen (secondary N) is 1. The number of H-pyrrole nitrogens is 1. The minimum Gasteiger partial charge on any atom is -0.431 e. The van der Waals surface area contributed by atoms with Gasteiger partial charge in [0.15, 0.2) is 5.82 Å². The van der Waals surface area contributed by atoms with E-state index in [9.17, 15) is 14.4 Å². The van der Waals surface area contributed by atoms with Crippen LogP contribution in [0.3, 0.4) is 0 Å². The molecule has 0 aliphatic heterocycles. The van der Waals surface area contributed by atoms with Crippen molar-refractivity contribution in [2.24, 2.45) is 4.99 Å². The molecule has 6 rings (SSSR count). The first-order chi connectivity index (χ1) is 23.9. The molecule has 2 aromatic heterocycles. The highest BCUT2D eigenvalue weighted by atomic mass is 32.1. The summed E-state index contributed by atoms with van der Waals surface area (Å²) < 4.78 is 17.5. The van der Waals surface area contributed by atoms with Crippen LogP contribution in [0.15, 0.2) is 77.8 Å². The molecule has 2 heterocycles. The predicted molar refractivity (Wildman–Crippen MR) is 179 cm³/mol. The molecular formula is C35H35N7O6S. The van der Waals surface area contributed by atoms with Gasteiger partial charge in [-0.1, -0.05) is 85.3 Å². The fraction of sp³-hybridized carbons (Fsp3) is 0.314. The van der Waals surface area contributed by atoms with Crippen LogP contribution in [0, 0.1) is 0 Å². The van der Waals surface area contributed by atoms with Gasteiger partial charge in [-0.2, -0.15) is 10.1 Å². The highest BCUT2D eigenvalue weighted by molar-refractivity contribution is 7.08. The summed E-state index contributed by atoms with van der Waals surface area (Å²) in [6.07, 6.45) is 3.02. The second kappa shape index (κ2) is 15.6. The zero-order valence-corrected chi connectivity index (χ0v) is 27.9. The van der Waals surface area contributed by atoms with Gasteiger partial charge in [0.05, 0.1) is 17.7 Å². The first-order valence-electron chi connectivity index (χ1n) is 16.1. The Hall–Kier alpha value is -5.50. The highest BCUT2D eigenvalue weighted by Crippen LogP contribution is 2.30. The Bertz CT molecular complexity index is 1980. The Balaban J connectivity index is 1.17. The molecule has 1 aliphatic rings. The molecule has 5 aromatic rings. The number of rotatable bonds is 10. The molecule has 1 fully saturated rings. The number of hydrogen-bond donors (Lipinski definition) is 1. The number of carbonyl (C=O) groups excluding carboxylic acids is 3. The first-order valence-corrected chi connectivity index (χ1v) is 16.9. The summed E-state index contributed by atoms with van der Waals surface area (Å²) in [5, 5.41) is 19.7. The van der Waals surface area contributed by atoms with Gasteiger partial charge in [-0.05, 0) is 71.4 Å². The lowest BCUT2D eigenvalue weighted by Crippen LogP contribution is -2.27. The molecule has 49 heavy (non-hydrogen) atoms. The van der Waals surface area contributed by atoms with E-state index in [2.05, 4.69) is 30.7 Å².